The molecule has 0 spiro atoms. The molecule has 3 aromatic rings. The lowest BCUT2D eigenvalue weighted by Crippen LogP contribution is -2.31. The van der Waals surface area contributed by atoms with Gasteiger partial charge in [0.1, 0.15) is 0 Å². The smallest absolute Gasteiger partial charge is 0.254 e. The van der Waals surface area contributed by atoms with Crippen molar-refractivity contribution in [3.63, 3.8) is 0 Å². The molecule has 0 aliphatic carbocycles. The molecule has 7 heteroatoms. The first-order valence-electron chi connectivity index (χ1n) is 11.8. The summed E-state index contributed by atoms with van der Waals surface area (Å²) in [6.07, 6.45) is 7.50. The molecule has 5 rings (SSSR count). The van der Waals surface area contributed by atoms with E-state index in [9.17, 15) is 9.59 Å². The summed E-state index contributed by atoms with van der Waals surface area (Å²) >= 11 is 6.12. The first-order valence-corrected chi connectivity index (χ1v) is 12.2. The SMILES string of the molecule is O=C1CCCN1Cc1cccc(C(=O)N2CCC[C@@H]2c2cncc(Cc3cccc(Cl)c3)n2)c1. The lowest BCUT2D eigenvalue weighted by molar-refractivity contribution is -0.128. The molecular weight excluding hydrogens is 448 g/mol. The van der Waals surface area contributed by atoms with Gasteiger partial charge in [0.2, 0.25) is 5.91 Å². The van der Waals surface area contributed by atoms with E-state index in [2.05, 4.69) is 4.98 Å². The Labute approximate surface area is 204 Å². The Morgan fingerprint density at radius 2 is 1.88 bits per heavy atom. The second-order valence-electron chi connectivity index (χ2n) is 9.02. The van der Waals surface area contributed by atoms with Crippen molar-refractivity contribution < 1.29 is 9.59 Å². The first kappa shape index (κ1) is 22.5. The normalized spacial score (nSPS) is 18.0. The summed E-state index contributed by atoms with van der Waals surface area (Å²) in [5.74, 6) is 0.187. The zero-order chi connectivity index (χ0) is 23.5. The maximum atomic E-state index is 13.5. The number of hydrogen-bond acceptors (Lipinski definition) is 4. The van der Waals surface area contributed by atoms with E-state index in [1.165, 1.54) is 0 Å². The highest BCUT2D eigenvalue weighted by atomic mass is 35.5. The topological polar surface area (TPSA) is 66.4 Å². The fraction of sp³-hybridized carbons (Fsp3) is 0.333. The van der Waals surface area contributed by atoms with Crippen LogP contribution < -0.4 is 0 Å². The van der Waals surface area contributed by atoms with Crippen LogP contribution in [-0.2, 0) is 17.8 Å². The number of amides is 2. The standard InChI is InChI=1S/C27H27ClN4O2/c28-22-8-2-5-19(14-22)15-23-16-29-17-24(30-23)25-9-3-12-32(25)27(34)21-7-1-6-20(13-21)18-31-11-4-10-26(31)33/h1-2,5-8,13-14,16-17,25H,3-4,9-12,15,18H2/t25-/m1/s1. The highest BCUT2D eigenvalue weighted by Crippen LogP contribution is 2.32. The number of aromatic nitrogens is 2. The lowest BCUT2D eigenvalue weighted by atomic mass is 10.1. The molecule has 0 bridgehead atoms. The zero-order valence-corrected chi connectivity index (χ0v) is 19.7. The van der Waals surface area contributed by atoms with E-state index in [-0.39, 0.29) is 17.9 Å². The Kier molecular flexibility index (Phi) is 6.59. The fourth-order valence-corrected chi connectivity index (χ4v) is 5.12. The van der Waals surface area contributed by atoms with Crippen LogP contribution in [0.4, 0.5) is 0 Å². The molecule has 174 valence electrons. The highest BCUT2D eigenvalue weighted by molar-refractivity contribution is 6.30. The fourth-order valence-electron chi connectivity index (χ4n) is 4.90. The van der Waals surface area contributed by atoms with Crippen molar-refractivity contribution in [3.8, 4) is 0 Å². The number of carbonyl (C=O) groups is 2. The number of likely N-dealkylation sites (tertiary alicyclic amines) is 2. The molecule has 2 amide bonds. The van der Waals surface area contributed by atoms with Gasteiger partial charge in [0.05, 0.1) is 23.6 Å². The number of rotatable bonds is 6. The maximum Gasteiger partial charge on any atom is 0.254 e. The third-order valence-electron chi connectivity index (χ3n) is 6.55. The molecule has 3 heterocycles. The van der Waals surface area contributed by atoms with E-state index in [1.807, 2.05) is 58.3 Å². The number of halogens is 1. The van der Waals surface area contributed by atoms with Crippen LogP contribution in [0.15, 0.2) is 60.9 Å². The molecule has 0 saturated carbocycles. The molecule has 0 N–H and O–H groups in total. The summed E-state index contributed by atoms with van der Waals surface area (Å²) in [6, 6.07) is 15.3. The van der Waals surface area contributed by atoms with Gasteiger partial charge in [-0.3, -0.25) is 19.6 Å². The summed E-state index contributed by atoms with van der Waals surface area (Å²) in [5, 5.41) is 0.700. The second kappa shape index (κ2) is 9.94. The predicted octanol–water partition coefficient (Wildman–Crippen LogP) is 4.82. The van der Waals surface area contributed by atoms with Crippen molar-refractivity contribution in [3.05, 3.63) is 94.0 Å². The van der Waals surface area contributed by atoms with Gasteiger partial charge in [0.15, 0.2) is 0 Å². The van der Waals surface area contributed by atoms with Gasteiger partial charge in [-0.15, -0.1) is 0 Å². The molecule has 1 aromatic heterocycles. The van der Waals surface area contributed by atoms with E-state index >= 15 is 0 Å². The minimum Gasteiger partial charge on any atom is -0.338 e. The lowest BCUT2D eigenvalue weighted by Gasteiger charge is -2.25. The van der Waals surface area contributed by atoms with Crippen molar-refractivity contribution in [2.45, 2.75) is 44.7 Å². The Bertz CT molecular complexity index is 1210. The molecule has 2 aliphatic heterocycles. The summed E-state index contributed by atoms with van der Waals surface area (Å²) in [6.45, 7) is 2.04. The molecule has 1 atom stereocenters. The van der Waals surface area contributed by atoms with E-state index in [4.69, 9.17) is 16.6 Å². The Morgan fingerprint density at radius 3 is 2.71 bits per heavy atom. The van der Waals surface area contributed by atoms with E-state index < -0.39 is 0 Å². The molecule has 2 saturated heterocycles. The summed E-state index contributed by atoms with van der Waals surface area (Å²) in [7, 11) is 0. The largest absolute Gasteiger partial charge is 0.338 e. The summed E-state index contributed by atoms with van der Waals surface area (Å²) in [4.78, 5) is 38.5. The molecule has 6 nitrogen and oxygen atoms in total. The average Bonchev–Trinajstić information content (AvgIpc) is 3.48. The Hall–Kier alpha value is -3.25. The van der Waals surface area contributed by atoms with Gasteiger partial charge >= 0.3 is 0 Å². The molecule has 2 aromatic carbocycles. The second-order valence-corrected chi connectivity index (χ2v) is 9.45. The average molecular weight is 475 g/mol. The number of carbonyl (C=O) groups excluding carboxylic acids is 2. The van der Waals surface area contributed by atoms with Gasteiger partial charge in [-0.05, 0) is 54.7 Å². The van der Waals surface area contributed by atoms with Crippen LogP contribution in [0, 0.1) is 0 Å². The maximum absolute atomic E-state index is 13.5. The van der Waals surface area contributed by atoms with Crippen molar-refractivity contribution in [2.75, 3.05) is 13.1 Å². The minimum atomic E-state index is -0.0943. The summed E-state index contributed by atoms with van der Waals surface area (Å²) in [5.41, 5.74) is 4.39. The number of nitrogens with zero attached hydrogens (tertiary/aromatic N) is 4. The van der Waals surface area contributed by atoms with E-state index in [0.29, 0.717) is 36.5 Å². The monoisotopic (exact) mass is 474 g/mol. The number of hydrogen-bond donors (Lipinski definition) is 0. The molecule has 2 aliphatic rings. The van der Waals surface area contributed by atoms with Gasteiger partial charge in [0.25, 0.3) is 5.91 Å². The van der Waals surface area contributed by atoms with Crippen LogP contribution in [0.25, 0.3) is 0 Å². The van der Waals surface area contributed by atoms with Gasteiger partial charge in [-0.25, -0.2) is 0 Å². The molecular formula is C27H27ClN4O2. The van der Waals surface area contributed by atoms with Crippen LogP contribution in [0.3, 0.4) is 0 Å². The van der Waals surface area contributed by atoms with E-state index in [1.54, 1.807) is 12.4 Å². The highest BCUT2D eigenvalue weighted by Gasteiger charge is 2.32. The van der Waals surface area contributed by atoms with Gasteiger partial charge in [0, 0.05) is 49.3 Å². The Morgan fingerprint density at radius 1 is 1.03 bits per heavy atom. The van der Waals surface area contributed by atoms with Gasteiger partial charge < -0.3 is 9.80 Å². The van der Waals surface area contributed by atoms with Crippen molar-refractivity contribution in [2.24, 2.45) is 0 Å². The predicted molar refractivity (Wildman–Crippen MR) is 130 cm³/mol. The summed E-state index contributed by atoms with van der Waals surface area (Å²) < 4.78 is 0. The molecule has 34 heavy (non-hydrogen) atoms. The first-order chi connectivity index (χ1) is 16.6. The van der Waals surface area contributed by atoms with Crippen LogP contribution in [-0.4, -0.2) is 44.7 Å². The van der Waals surface area contributed by atoms with Crippen LogP contribution in [0.5, 0.6) is 0 Å². The molecule has 2 fully saturated rings. The van der Waals surface area contributed by atoms with Crippen molar-refractivity contribution in [1.29, 1.82) is 0 Å². The van der Waals surface area contributed by atoms with Gasteiger partial charge in [-0.1, -0.05) is 35.9 Å². The third-order valence-corrected chi connectivity index (χ3v) is 6.79. The van der Waals surface area contributed by atoms with Crippen LogP contribution in [0.2, 0.25) is 5.02 Å². The van der Waals surface area contributed by atoms with Crippen LogP contribution >= 0.6 is 11.6 Å². The quantitative estimate of drug-likeness (QED) is 0.513. The molecule has 0 radical (unpaired) electrons. The van der Waals surface area contributed by atoms with Crippen molar-refractivity contribution in [1.82, 2.24) is 19.8 Å². The molecule has 0 unspecified atom stereocenters. The van der Waals surface area contributed by atoms with E-state index in [0.717, 1.165) is 48.3 Å². The third kappa shape index (κ3) is 4.97. The van der Waals surface area contributed by atoms with Gasteiger partial charge in [-0.2, -0.15) is 0 Å². The minimum absolute atomic E-state index is 0.000794. The van der Waals surface area contributed by atoms with Crippen molar-refractivity contribution >= 4 is 23.4 Å². The number of benzene rings is 2. The Balaban J connectivity index is 1.32. The van der Waals surface area contributed by atoms with Crippen LogP contribution in [0.1, 0.15) is 64.6 Å². The zero-order valence-electron chi connectivity index (χ0n) is 19.0.